The number of hydrogen-bond donors (Lipinski definition) is 1. The van der Waals surface area contributed by atoms with E-state index in [-0.39, 0.29) is 5.02 Å². The fraction of sp³-hybridized carbons (Fsp3) is 0.333. The Hall–Kier alpha value is -0.670. The minimum atomic E-state index is -1.00. The van der Waals surface area contributed by atoms with Gasteiger partial charge in [-0.1, -0.05) is 17.7 Å². The summed E-state index contributed by atoms with van der Waals surface area (Å²) in [5, 5.41) is -0.181. The van der Waals surface area contributed by atoms with Crippen LogP contribution in [0.3, 0.4) is 0 Å². The monoisotopic (exact) mass is 203 g/mol. The van der Waals surface area contributed by atoms with Gasteiger partial charge in [-0.3, -0.25) is 0 Å². The third-order valence-electron chi connectivity index (χ3n) is 2.36. The van der Waals surface area contributed by atoms with Crippen molar-refractivity contribution >= 4 is 11.6 Å². The van der Waals surface area contributed by atoms with Crippen molar-refractivity contribution in [3.05, 3.63) is 34.4 Å². The molecule has 0 unspecified atom stereocenters. The van der Waals surface area contributed by atoms with Crippen molar-refractivity contribution in [1.82, 2.24) is 0 Å². The van der Waals surface area contributed by atoms with Gasteiger partial charge >= 0.3 is 0 Å². The van der Waals surface area contributed by atoms with E-state index in [1.165, 1.54) is 6.07 Å². The molecule has 1 nitrogen and oxygen atoms in total. The van der Waals surface area contributed by atoms with Crippen LogP contribution >= 0.6 is 11.6 Å². The van der Waals surface area contributed by atoms with Gasteiger partial charge in [0.2, 0.25) is 0 Å². The predicted octanol–water partition coefficient (Wildman–Crippen LogP) is 2.57. The molecule has 4 heteroatoms. The van der Waals surface area contributed by atoms with E-state index in [4.69, 9.17) is 17.3 Å². The standard InChI is InChI=1S/C9H8ClF2N/c10-7-5(9(13)3-4-9)1-2-6(11)8(7)12/h1-2H,3-4,13H2. The first-order valence-electron chi connectivity index (χ1n) is 3.97. The second kappa shape index (κ2) is 2.66. The van der Waals surface area contributed by atoms with E-state index in [2.05, 4.69) is 0 Å². The zero-order valence-corrected chi connectivity index (χ0v) is 7.54. The highest BCUT2D eigenvalue weighted by atomic mass is 35.5. The van der Waals surface area contributed by atoms with Gasteiger partial charge in [0.15, 0.2) is 11.6 Å². The van der Waals surface area contributed by atoms with Crippen LogP contribution in [0.4, 0.5) is 8.78 Å². The molecule has 2 N–H and O–H groups in total. The Bertz CT molecular complexity index is 361. The zero-order chi connectivity index (χ0) is 9.64. The van der Waals surface area contributed by atoms with Crippen molar-refractivity contribution in [2.45, 2.75) is 18.4 Å². The summed E-state index contributed by atoms with van der Waals surface area (Å²) >= 11 is 5.63. The minimum absolute atomic E-state index is 0.181. The van der Waals surface area contributed by atoms with Crippen molar-refractivity contribution in [3.63, 3.8) is 0 Å². The van der Waals surface area contributed by atoms with E-state index in [1.807, 2.05) is 0 Å². The summed E-state index contributed by atoms with van der Waals surface area (Å²) in [6, 6.07) is 2.51. The maximum Gasteiger partial charge on any atom is 0.177 e. The molecule has 2 rings (SSSR count). The van der Waals surface area contributed by atoms with E-state index >= 15 is 0 Å². The Balaban J connectivity index is 2.54. The summed E-state index contributed by atoms with van der Waals surface area (Å²) in [5.41, 5.74) is 5.80. The van der Waals surface area contributed by atoms with Gasteiger partial charge in [-0.25, -0.2) is 8.78 Å². The molecule has 70 valence electrons. The normalized spacial score (nSPS) is 18.8. The molecule has 0 atom stereocenters. The third kappa shape index (κ3) is 1.32. The van der Waals surface area contributed by atoms with Crippen molar-refractivity contribution in [1.29, 1.82) is 0 Å². The molecule has 1 aromatic carbocycles. The molecule has 0 aromatic heterocycles. The summed E-state index contributed by atoms with van der Waals surface area (Å²) in [5.74, 6) is -1.94. The SMILES string of the molecule is NC1(c2ccc(F)c(F)c2Cl)CC1. The summed E-state index contributed by atoms with van der Waals surface area (Å²) in [6.45, 7) is 0. The average Bonchev–Trinajstić information content (AvgIpc) is 2.80. The Morgan fingerprint density at radius 3 is 2.46 bits per heavy atom. The second-order valence-electron chi connectivity index (χ2n) is 3.38. The fourth-order valence-corrected chi connectivity index (χ4v) is 1.66. The first-order chi connectivity index (χ1) is 6.04. The van der Waals surface area contributed by atoms with Crippen molar-refractivity contribution in [2.75, 3.05) is 0 Å². The van der Waals surface area contributed by atoms with Crippen molar-refractivity contribution < 1.29 is 8.78 Å². The Morgan fingerprint density at radius 1 is 1.31 bits per heavy atom. The van der Waals surface area contributed by atoms with Crippen LogP contribution in [-0.4, -0.2) is 0 Å². The smallest absolute Gasteiger partial charge is 0.177 e. The second-order valence-corrected chi connectivity index (χ2v) is 3.76. The number of benzene rings is 1. The molecule has 0 saturated heterocycles. The van der Waals surface area contributed by atoms with Gasteiger partial charge in [-0.05, 0) is 24.5 Å². The zero-order valence-electron chi connectivity index (χ0n) is 6.78. The van der Waals surface area contributed by atoms with Crippen LogP contribution in [0.1, 0.15) is 18.4 Å². The van der Waals surface area contributed by atoms with E-state index in [1.54, 1.807) is 0 Å². The van der Waals surface area contributed by atoms with E-state index in [9.17, 15) is 8.78 Å². The molecule has 0 heterocycles. The summed E-state index contributed by atoms with van der Waals surface area (Å²) in [7, 11) is 0. The Labute approximate surface area is 79.5 Å². The highest BCUT2D eigenvalue weighted by Gasteiger charge is 2.42. The quantitative estimate of drug-likeness (QED) is 0.698. The molecule has 1 aromatic rings. The molecular formula is C9H8ClF2N. The largest absolute Gasteiger partial charge is 0.321 e. The number of rotatable bonds is 1. The third-order valence-corrected chi connectivity index (χ3v) is 2.73. The van der Waals surface area contributed by atoms with Crippen LogP contribution in [0.15, 0.2) is 12.1 Å². The molecule has 0 bridgehead atoms. The summed E-state index contributed by atoms with van der Waals surface area (Å²) in [4.78, 5) is 0. The maximum absolute atomic E-state index is 13.0. The highest BCUT2D eigenvalue weighted by Crippen LogP contribution is 2.46. The lowest BCUT2D eigenvalue weighted by Crippen LogP contribution is -2.19. The number of halogens is 3. The first-order valence-corrected chi connectivity index (χ1v) is 4.35. The molecule has 0 spiro atoms. The summed E-state index contributed by atoms with van der Waals surface area (Å²) in [6.07, 6.45) is 1.55. The highest BCUT2D eigenvalue weighted by molar-refractivity contribution is 6.31. The fourth-order valence-electron chi connectivity index (χ4n) is 1.31. The molecule has 1 aliphatic rings. The van der Waals surface area contributed by atoms with E-state index in [0.29, 0.717) is 5.56 Å². The molecular weight excluding hydrogens is 196 g/mol. The molecule has 1 fully saturated rings. The molecule has 1 aliphatic carbocycles. The van der Waals surface area contributed by atoms with Crippen molar-refractivity contribution in [3.8, 4) is 0 Å². The van der Waals surface area contributed by atoms with Gasteiger partial charge < -0.3 is 5.73 Å². The molecule has 0 radical (unpaired) electrons. The molecule has 13 heavy (non-hydrogen) atoms. The van der Waals surface area contributed by atoms with Crippen molar-refractivity contribution in [2.24, 2.45) is 5.73 Å². The molecule has 1 saturated carbocycles. The van der Waals surface area contributed by atoms with Crippen LogP contribution in [-0.2, 0) is 5.54 Å². The molecule has 0 amide bonds. The Kier molecular flexibility index (Phi) is 1.82. The van der Waals surface area contributed by atoms with Gasteiger partial charge in [0.05, 0.1) is 5.02 Å². The summed E-state index contributed by atoms with van der Waals surface area (Å²) < 4.78 is 25.7. The minimum Gasteiger partial charge on any atom is -0.321 e. The van der Waals surface area contributed by atoms with Gasteiger partial charge in [0.25, 0.3) is 0 Å². The van der Waals surface area contributed by atoms with Gasteiger partial charge in [0, 0.05) is 5.54 Å². The Morgan fingerprint density at radius 2 is 1.92 bits per heavy atom. The number of hydrogen-bond acceptors (Lipinski definition) is 1. The van der Waals surface area contributed by atoms with E-state index in [0.717, 1.165) is 18.9 Å². The first kappa shape index (κ1) is 8.91. The van der Waals surface area contributed by atoms with E-state index < -0.39 is 17.2 Å². The van der Waals surface area contributed by atoms with Crippen LogP contribution in [0.5, 0.6) is 0 Å². The van der Waals surface area contributed by atoms with Crippen LogP contribution < -0.4 is 5.73 Å². The number of nitrogens with two attached hydrogens (primary N) is 1. The lowest BCUT2D eigenvalue weighted by atomic mass is 10.1. The average molecular weight is 204 g/mol. The van der Waals surface area contributed by atoms with Crippen LogP contribution in [0.2, 0.25) is 5.02 Å². The topological polar surface area (TPSA) is 26.0 Å². The van der Waals surface area contributed by atoms with Gasteiger partial charge in [0.1, 0.15) is 0 Å². The van der Waals surface area contributed by atoms with Crippen LogP contribution in [0, 0.1) is 11.6 Å². The lowest BCUT2D eigenvalue weighted by molar-refractivity contribution is 0.505. The maximum atomic E-state index is 13.0. The van der Waals surface area contributed by atoms with Gasteiger partial charge in [-0.15, -0.1) is 0 Å². The predicted molar refractivity (Wildman–Crippen MR) is 46.5 cm³/mol. The molecule has 0 aliphatic heterocycles. The van der Waals surface area contributed by atoms with Gasteiger partial charge in [-0.2, -0.15) is 0 Å². The lowest BCUT2D eigenvalue weighted by Gasteiger charge is -2.11. The van der Waals surface area contributed by atoms with Crippen LogP contribution in [0.25, 0.3) is 0 Å².